The normalized spacial score (nSPS) is 14.8. The summed E-state index contributed by atoms with van der Waals surface area (Å²) < 4.78 is 1.08. The van der Waals surface area contributed by atoms with Gasteiger partial charge in [0.25, 0.3) is 0 Å². The van der Waals surface area contributed by atoms with Crippen LogP contribution in [0.15, 0.2) is 33.7 Å². The number of amides is 1. The second-order valence-electron chi connectivity index (χ2n) is 7.03. The first-order valence-electron chi connectivity index (χ1n) is 8.98. The van der Waals surface area contributed by atoms with E-state index in [2.05, 4.69) is 69.7 Å². The van der Waals surface area contributed by atoms with Crippen molar-refractivity contribution in [1.29, 1.82) is 0 Å². The molecule has 2 N–H and O–H groups in total. The number of halogens is 2. The molecule has 2 rings (SSSR count). The molecule has 1 aromatic carbocycles. The van der Waals surface area contributed by atoms with Crippen LogP contribution in [0.3, 0.4) is 0 Å². The van der Waals surface area contributed by atoms with Crippen molar-refractivity contribution in [2.45, 2.75) is 39.0 Å². The summed E-state index contributed by atoms with van der Waals surface area (Å²) in [4.78, 5) is 18.5. The second-order valence-corrected chi connectivity index (χ2v) is 7.94. The minimum Gasteiger partial charge on any atom is -0.357 e. The predicted octanol–water partition coefficient (Wildman–Crippen LogP) is 3.52. The third-order valence-corrected chi connectivity index (χ3v) is 5.03. The van der Waals surface area contributed by atoms with Crippen molar-refractivity contribution in [3.05, 3.63) is 34.3 Å². The van der Waals surface area contributed by atoms with Crippen LogP contribution in [0.1, 0.15) is 39.2 Å². The molecule has 0 aromatic heterocycles. The van der Waals surface area contributed by atoms with E-state index in [0.29, 0.717) is 5.96 Å². The van der Waals surface area contributed by atoms with E-state index >= 15 is 0 Å². The topological polar surface area (TPSA) is 56.7 Å². The van der Waals surface area contributed by atoms with E-state index in [4.69, 9.17) is 0 Å². The molecule has 0 saturated carbocycles. The minimum atomic E-state index is -0.0458. The van der Waals surface area contributed by atoms with Gasteiger partial charge >= 0.3 is 0 Å². The number of carbonyl (C=O) groups is 1. The summed E-state index contributed by atoms with van der Waals surface area (Å²) in [6, 6.07) is 8.38. The van der Waals surface area contributed by atoms with Crippen LogP contribution in [-0.2, 0) is 10.2 Å². The lowest BCUT2D eigenvalue weighted by Gasteiger charge is -2.27. The maximum Gasteiger partial charge on any atom is 0.244 e. The van der Waals surface area contributed by atoms with Crippen LogP contribution in [0.5, 0.6) is 0 Å². The SMILES string of the molecule is CCNC(=NCC(=O)N1CCCC1)NCC(C)(C)c1ccc(Br)cc1.I. The van der Waals surface area contributed by atoms with Crippen LogP contribution in [0, 0.1) is 0 Å². The zero-order chi connectivity index (χ0) is 18.3. The number of aliphatic imine (C=N–C) groups is 1. The van der Waals surface area contributed by atoms with Gasteiger partial charge in [-0.15, -0.1) is 24.0 Å². The molecule has 26 heavy (non-hydrogen) atoms. The summed E-state index contributed by atoms with van der Waals surface area (Å²) in [5.41, 5.74) is 1.21. The molecule has 1 amide bonds. The molecule has 146 valence electrons. The van der Waals surface area contributed by atoms with E-state index in [-0.39, 0.29) is 41.8 Å². The van der Waals surface area contributed by atoms with Gasteiger partial charge in [0.2, 0.25) is 5.91 Å². The van der Waals surface area contributed by atoms with E-state index in [1.54, 1.807) is 0 Å². The minimum absolute atomic E-state index is 0. The molecule has 1 heterocycles. The highest BCUT2D eigenvalue weighted by Gasteiger charge is 2.21. The Morgan fingerprint density at radius 2 is 1.81 bits per heavy atom. The largest absolute Gasteiger partial charge is 0.357 e. The maximum absolute atomic E-state index is 12.2. The molecule has 1 aliphatic heterocycles. The Kier molecular flexibility index (Phi) is 9.92. The monoisotopic (exact) mass is 536 g/mol. The van der Waals surface area contributed by atoms with E-state index in [9.17, 15) is 4.79 Å². The number of carbonyl (C=O) groups excluding carboxylic acids is 1. The number of rotatable bonds is 6. The molecule has 0 aliphatic carbocycles. The van der Waals surface area contributed by atoms with Crippen molar-refractivity contribution in [1.82, 2.24) is 15.5 Å². The number of guanidine groups is 1. The highest BCUT2D eigenvalue weighted by molar-refractivity contribution is 14.0. The average molecular weight is 537 g/mol. The van der Waals surface area contributed by atoms with Gasteiger partial charge in [0.05, 0.1) is 0 Å². The smallest absolute Gasteiger partial charge is 0.244 e. The molecule has 0 radical (unpaired) electrons. The third-order valence-electron chi connectivity index (χ3n) is 4.50. The van der Waals surface area contributed by atoms with Gasteiger partial charge in [0.15, 0.2) is 5.96 Å². The standard InChI is InChI=1S/C19H29BrN4O.HI/c1-4-21-18(22-13-17(25)24-11-5-6-12-24)23-14-19(2,3)15-7-9-16(20)10-8-15;/h7-10H,4-6,11-14H2,1-3H3,(H2,21,22,23);1H. The second kappa shape index (κ2) is 11.1. The fraction of sp³-hybridized carbons (Fsp3) is 0.579. The van der Waals surface area contributed by atoms with Crippen molar-refractivity contribution in [2.75, 3.05) is 32.7 Å². The molecule has 1 saturated heterocycles. The molecule has 1 aliphatic rings. The third kappa shape index (κ3) is 7.06. The Labute approximate surface area is 182 Å². The molecule has 0 spiro atoms. The fourth-order valence-corrected chi connectivity index (χ4v) is 3.13. The van der Waals surface area contributed by atoms with Crippen molar-refractivity contribution >= 4 is 51.8 Å². The van der Waals surface area contributed by atoms with E-state index < -0.39 is 0 Å². The van der Waals surface area contributed by atoms with Gasteiger partial charge in [-0.25, -0.2) is 4.99 Å². The highest BCUT2D eigenvalue weighted by atomic mass is 127. The van der Waals surface area contributed by atoms with Crippen LogP contribution in [0.25, 0.3) is 0 Å². The van der Waals surface area contributed by atoms with Crippen molar-refractivity contribution in [3.8, 4) is 0 Å². The van der Waals surface area contributed by atoms with Crippen LogP contribution in [-0.4, -0.2) is 49.5 Å². The number of nitrogens with one attached hydrogen (secondary N) is 2. The number of hydrogen-bond acceptors (Lipinski definition) is 2. The molecule has 0 bridgehead atoms. The number of likely N-dealkylation sites (tertiary alicyclic amines) is 1. The van der Waals surface area contributed by atoms with Crippen molar-refractivity contribution in [3.63, 3.8) is 0 Å². The molecule has 5 nitrogen and oxygen atoms in total. The first-order valence-corrected chi connectivity index (χ1v) is 9.77. The van der Waals surface area contributed by atoms with Crippen LogP contribution in [0.2, 0.25) is 0 Å². The Bertz CT molecular complexity index is 598. The predicted molar refractivity (Wildman–Crippen MR) is 122 cm³/mol. The Balaban J connectivity index is 0.00000338. The lowest BCUT2D eigenvalue weighted by atomic mass is 9.85. The summed E-state index contributed by atoms with van der Waals surface area (Å²) >= 11 is 3.48. The lowest BCUT2D eigenvalue weighted by Crippen LogP contribution is -2.44. The summed E-state index contributed by atoms with van der Waals surface area (Å²) in [5.74, 6) is 0.808. The zero-order valence-corrected chi connectivity index (χ0v) is 19.8. The first-order chi connectivity index (χ1) is 11.9. The summed E-state index contributed by atoms with van der Waals surface area (Å²) in [5, 5.41) is 6.60. The molecule has 0 unspecified atom stereocenters. The van der Waals surface area contributed by atoms with Gasteiger partial charge in [-0.1, -0.05) is 41.9 Å². The van der Waals surface area contributed by atoms with E-state index in [1.165, 1.54) is 5.56 Å². The van der Waals surface area contributed by atoms with Crippen LogP contribution in [0.4, 0.5) is 0 Å². The molecule has 7 heteroatoms. The average Bonchev–Trinajstić information content (AvgIpc) is 3.12. The van der Waals surface area contributed by atoms with E-state index in [0.717, 1.165) is 43.5 Å². The lowest BCUT2D eigenvalue weighted by molar-refractivity contribution is -0.128. The van der Waals surface area contributed by atoms with Gasteiger partial charge in [0.1, 0.15) is 6.54 Å². The Morgan fingerprint density at radius 1 is 1.19 bits per heavy atom. The van der Waals surface area contributed by atoms with Crippen molar-refractivity contribution in [2.24, 2.45) is 4.99 Å². The van der Waals surface area contributed by atoms with Gasteiger partial charge in [-0.05, 0) is 37.5 Å². The van der Waals surface area contributed by atoms with Gasteiger partial charge < -0.3 is 15.5 Å². The number of benzene rings is 1. The molecular weight excluding hydrogens is 507 g/mol. The summed E-state index contributed by atoms with van der Waals surface area (Å²) in [7, 11) is 0. The number of nitrogens with zero attached hydrogens (tertiary/aromatic N) is 2. The van der Waals surface area contributed by atoms with Gasteiger partial charge in [-0.2, -0.15) is 0 Å². The van der Waals surface area contributed by atoms with Gasteiger partial charge in [0, 0.05) is 36.1 Å². The molecule has 1 fully saturated rings. The number of hydrogen-bond donors (Lipinski definition) is 2. The molecule has 1 aromatic rings. The maximum atomic E-state index is 12.2. The summed E-state index contributed by atoms with van der Waals surface area (Å²) in [6.45, 7) is 9.86. The first kappa shape index (κ1) is 23.2. The highest BCUT2D eigenvalue weighted by Crippen LogP contribution is 2.23. The Morgan fingerprint density at radius 3 is 2.38 bits per heavy atom. The van der Waals surface area contributed by atoms with Crippen LogP contribution >= 0.6 is 39.9 Å². The molecule has 0 atom stereocenters. The Hall–Kier alpha value is -0.830. The van der Waals surface area contributed by atoms with Crippen molar-refractivity contribution < 1.29 is 4.79 Å². The fourth-order valence-electron chi connectivity index (χ4n) is 2.86. The zero-order valence-electron chi connectivity index (χ0n) is 15.8. The quantitative estimate of drug-likeness (QED) is 0.332. The van der Waals surface area contributed by atoms with Crippen LogP contribution < -0.4 is 10.6 Å². The summed E-state index contributed by atoms with van der Waals surface area (Å²) in [6.07, 6.45) is 2.21. The van der Waals surface area contributed by atoms with Gasteiger partial charge in [-0.3, -0.25) is 4.79 Å². The van der Waals surface area contributed by atoms with E-state index in [1.807, 2.05) is 11.8 Å². The molecular formula is C19H30BrIN4O.